The molecule has 94 valence electrons. The molecule has 1 unspecified atom stereocenters. The van der Waals surface area contributed by atoms with E-state index in [1.54, 1.807) is 12.1 Å². The van der Waals surface area contributed by atoms with E-state index < -0.39 is 0 Å². The van der Waals surface area contributed by atoms with Crippen molar-refractivity contribution in [2.75, 3.05) is 11.4 Å². The van der Waals surface area contributed by atoms with Crippen LogP contribution in [0.15, 0.2) is 22.7 Å². The second-order valence-corrected chi connectivity index (χ2v) is 4.85. The summed E-state index contributed by atoms with van der Waals surface area (Å²) in [5.41, 5.74) is 0.844. The van der Waals surface area contributed by atoms with Gasteiger partial charge in [-0.25, -0.2) is 0 Å². The lowest BCUT2D eigenvalue weighted by molar-refractivity contribution is -0.384. The van der Waals surface area contributed by atoms with Gasteiger partial charge >= 0.3 is 0 Å². The molecule has 17 heavy (non-hydrogen) atoms. The van der Waals surface area contributed by atoms with Crippen LogP contribution in [-0.4, -0.2) is 17.5 Å². The molecular weight excluding hydrogens is 284 g/mol. The zero-order valence-corrected chi connectivity index (χ0v) is 11.9. The molecule has 0 aliphatic rings. The maximum absolute atomic E-state index is 11.1. The van der Waals surface area contributed by atoms with Crippen molar-refractivity contribution >= 4 is 27.3 Å². The SMILES string of the molecule is CCC(C)N(CC)c1ccc(Br)cc1[N+](=O)[O-]. The normalized spacial score (nSPS) is 12.2. The van der Waals surface area contributed by atoms with Gasteiger partial charge in [0, 0.05) is 23.1 Å². The lowest BCUT2D eigenvalue weighted by Crippen LogP contribution is -2.32. The highest BCUT2D eigenvalue weighted by molar-refractivity contribution is 9.10. The molecule has 4 nitrogen and oxygen atoms in total. The van der Waals surface area contributed by atoms with Gasteiger partial charge in [0.05, 0.1) is 4.92 Å². The Morgan fingerprint density at radius 2 is 2.12 bits per heavy atom. The van der Waals surface area contributed by atoms with Crippen molar-refractivity contribution in [3.05, 3.63) is 32.8 Å². The average molecular weight is 301 g/mol. The van der Waals surface area contributed by atoms with E-state index in [0.717, 1.165) is 17.4 Å². The Hall–Kier alpha value is -1.10. The number of rotatable bonds is 5. The Balaban J connectivity index is 3.23. The molecule has 0 bridgehead atoms. The van der Waals surface area contributed by atoms with E-state index in [-0.39, 0.29) is 10.6 Å². The van der Waals surface area contributed by atoms with E-state index in [1.165, 1.54) is 0 Å². The van der Waals surface area contributed by atoms with Crippen LogP contribution in [0.4, 0.5) is 11.4 Å². The van der Waals surface area contributed by atoms with Crippen LogP contribution in [-0.2, 0) is 0 Å². The van der Waals surface area contributed by atoms with Crippen LogP contribution in [0.1, 0.15) is 27.2 Å². The van der Waals surface area contributed by atoms with E-state index in [9.17, 15) is 10.1 Å². The molecule has 1 atom stereocenters. The highest BCUT2D eigenvalue weighted by Gasteiger charge is 2.21. The standard InChI is InChI=1S/C12H17BrN2O2/c1-4-9(3)14(5-2)11-7-6-10(13)8-12(11)15(16)17/h6-9H,4-5H2,1-3H3. The first-order chi connectivity index (χ1) is 8.01. The smallest absolute Gasteiger partial charge is 0.293 e. The van der Waals surface area contributed by atoms with Gasteiger partial charge in [-0.3, -0.25) is 10.1 Å². The number of nitrogens with zero attached hydrogens (tertiary/aromatic N) is 2. The predicted octanol–water partition coefficient (Wildman–Crippen LogP) is 3.98. The van der Waals surface area contributed by atoms with Crippen molar-refractivity contribution in [2.45, 2.75) is 33.2 Å². The fraction of sp³-hybridized carbons (Fsp3) is 0.500. The molecule has 0 amide bonds. The Bertz CT molecular complexity index is 409. The zero-order valence-electron chi connectivity index (χ0n) is 10.3. The number of anilines is 1. The predicted molar refractivity (Wildman–Crippen MR) is 73.6 cm³/mol. The fourth-order valence-electron chi connectivity index (χ4n) is 1.83. The maximum atomic E-state index is 11.1. The third kappa shape index (κ3) is 3.19. The second kappa shape index (κ2) is 6.00. The van der Waals surface area contributed by atoms with Crippen molar-refractivity contribution in [3.63, 3.8) is 0 Å². The van der Waals surface area contributed by atoms with Gasteiger partial charge in [-0.1, -0.05) is 22.9 Å². The van der Waals surface area contributed by atoms with Crippen LogP contribution in [0, 0.1) is 10.1 Å². The van der Waals surface area contributed by atoms with Crippen LogP contribution in [0.5, 0.6) is 0 Å². The summed E-state index contributed by atoms with van der Waals surface area (Å²) < 4.78 is 0.730. The Labute approximate surface area is 110 Å². The number of benzene rings is 1. The minimum Gasteiger partial charge on any atom is -0.364 e. The molecule has 0 aromatic heterocycles. The quantitative estimate of drug-likeness (QED) is 0.610. The fourth-order valence-corrected chi connectivity index (χ4v) is 2.17. The van der Waals surface area contributed by atoms with E-state index >= 15 is 0 Å². The van der Waals surface area contributed by atoms with Gasteiger partial charge in [-0.2, -0.15) is 0 Å². The average Bonchev–Trinajstić information content (AvgIpc) is 2.31. The molecule has 0 radical (unpaired) electrons. The number of hydrogen-bond acceptors (Lipinski definition) is 3. The summed E-state index contributed by atoms with van der Waals surface area (Å²) in [5, 5.41) is 11.1. The summed E-state index contributed by atoms with van der Waals surface area (Å²) >= 11 is 3.27. The van der Waals surface area contributed by atoms with Crippen LogP contribution in [0.2, 0.25) is 0 Å². The van der Waals surface area contributed by atoms with E-state index in [2.05, 4.69) is 34.7 Å². The number of halogens is 1. The first kappa shape index (κ1) is 14.0. The number of nitro groups is 1. The van der Waals surface area contributed by atoms with Gasteiger partial charge in [0.15, 0.2) is 0 Å². The largest absolute Gasteiger partial charge is 0.364 e. The molecule has 1 aromatic carbocycles. The van der Waals surface area contributed by atoms with Crippen LogP contribution < -0.4 is 4.90 Å². The van der Waals surface area contributed by atoms with Gasteiger partial charge in [-0.15, -0.1) is 0 Å². The molecule has 0 saturated heterocycles. The summed E-state index contributed by atoms with van der Waals surface area (Å²) in [6.07, 6.45) is 0.959. The second-order valence-electron chi connectivity index (χ2n) is 3.93. The van der Waals surface area contributed by atoms with E-state index in [0.29, 0.717) is 11.7 Å². The third-order valence-electron chi connectivity index (χ3n) is 2.91. The minimum absolute atomic E-state index is 0.154. The topological polar surface area (TPSA) is 46.4 Å². The molecule has 1 rings (SSSR count). The molecule has 0 heterocycles. The minimum atomic E-state index is -0.328. The molecule has 0 aliphatic carbocycles. The Kier molecular flexibility index (Phi) is 4.93. The summed E-state index contributed by atoms with van der Waals surface area (Å²) in [4.78, 5) is 12.8. The van der Waals surface area contributed by atoms with Gasteiger partial charge in [0.2, 0.25) is 0 Å². The number of nitro benzene ring substituents is 1. The maximum Gasteiger partial charge on any atom is 0.293 e. The molecule has 0 fully saturated rings. The summed E-state index contributed by atoms with van der Waals surface area (Å²) in [6.45, 7) is 6.93. The zero-order chi connectivity index (χ0) is 13.0. The van der Waals surface area contributed by atoms with Gasteiger partial charge < -0.3 is 4.90 Å². The monoisotopic (exact) mass is 300 g/mol. The molecule has 0 saturated carbocycles. The summed E-state index contributed by atoms with van der Waals surface area (Å²) in [6, 6.07) is 5.49. The third-order valence-corrected chi connectivity index (χ3v) is 3.40. The number of hydrogen-bond donors (Lipinski definition) is 0. The highest BCUT2D eigenvalue weighted by atomic mass is 79.9. The van der Waals surface area contributed by atoms with Crippen LogP contribution >= 0.6 is 15.9 Å². The van der Waals surface area contributed by atoms with Crippen molar-refractivity contribution in [2.24, 2.45) is 0 Å². The summed E-state index contributed by atoms with van der Waals surface area (Å²) in [7, 11) is 0. The van der Waals surface area contributed by atoms with Gasteiger partial charge in [0.25, 0.3) is 5.69 Å². The van der Waals surface area contributed by atoms with Crippen LogP contribution in [0.3, 0.4) is 0 Å². The van der Waals surface area contributed by atoms with Gasteiger partial charge in [-0.05, 0) is 32.4 Å². The lowest BCUT2D eigenvalue weighted by atomic mass is 10.1. The van der Waals surface area contributed by atoms with Crippen molar-refractivity contribution in [1.29, 1.82) is 0 Å². The van der Waals surface area contributed by atoms with Crippen LogP contribution in [0.25, 0.3) is 0 Å². The summed E-state index contributed by atoms with van der Waals surface area (Å²) in [5.74, 6) is 0. The van der Waals surface area contributed by atoms with E-state index in [4.69, 9.17) is 0 Å². The Morgan fingerprint density at radius 1 is 1.47 bits per heavy atom. The van der Waals surface area contributed by atoms with Gasteiger partial charge in [0.1, 0.15) is 5.69 Å². The molecule has 0 N–H and O–H groups in total. The molecule has 1 aromatic rings. The molecule has 0 spiro atoms. The van der Waals surface area contributed by atoms with Crippen molar-refractivity contribution < 1.29 is 4.92 Å². The van der Waals surface area contributed by atoms with Crippen molar-refractivity contribution in [3.8, 4) is 0 Å². The first-order valence-corrected chi connectivity index (χ1v) is 6.51. The van der Waals surface area contributed by atoms with E-state index in [1.807, 2.05) is 13.0 Å². The van der Waals surface area contributed by atoms with Crippen molar-refractivity contribution in [1.82, 2.24) is 0 Å². The molecule has 0 aliphatic heterocycles. The molecule has 5 heteroatoms. The highest BCUT2D eigenvalue weighted by Crippen LogP contribution is 2.32. The molecular formula is C12H17BrN2O2. The Morgan fingerprint density at radius 3 is 2.59 bits per heavy atom. The first-order valence-electron chi connectivity index (χ1n) is 5.71. The lowest BCUT2D eigenvalue weighted by Gasteiger charge is -2.29.